The highest BCUT2D eigenvalue weighted by Crippen LogP contribution is 2.27. The monoisotopic (exact) mass is 506 g/mol. The second-order valence-electron chi connectivity index (χ2n) is 7.19. The summed E-state index contributed by atoms with van der Waals surface area (Å²) in [5, 5.41) is 3.42. The molecule has 9 heteroatoms. The molecular weight excluding hydrogens is 471 g/mol. The number of aromatic nitrogens is 2. The minimum absolute atomic E-state index is 0. The fraction of sp³-hybridized carbons (Fsp3) is 0.737. The van der Waals surface area contributed by atoms with Crippen molar-refractivity contribution in [3.63, 3.8) is 0 Å². The van der Waals surface area contributed by atoms with Crippen molar-refractivity contribution in [2.24, 2.45) is 10.9 Å². The number of hydrogen-bond donors (Lipinski definition) is 1. The molecule has 2 unspecified atom stereocenters. The molecular formula is C19H35IN6O2. The van der Waals surface area contributed by atoms with E-state index in [1.54, 1.807) is 19.0 Å². The van der Waals surface area contributed by atoms with E-state index in [9.17, 15) is 4.79 Å². The Morgan fingerprint density at radius 3 is 2.86 bits per heavy atom. The molecule has 0 bridgehead atoms. The van der Waals surface area contributed by atoms with Crippen molar-refractivity contribution in [3.8, 4) is 0 Å². The van der Waals surface area contributed by atoms with Crippen LogP contribution in [0.25, 0.3) is 0 Å². The summed E-state index contributed by atoms with van der Waals surface area (Å²) in [7, 11) is 3.51. The number of likely N-dealkylation sites (N-methyl/N-ethyl adjacent to an activating group) is 1. The second kappa shape index (κ2) is 13.0. The fourth-order valence-corrected chi connectivity index (χ4v) is 3.17. The maximum absolute atomic E-state index is 12.0. The third kappa shape index (κ3) is 7.57. The van der Waals surface area contributed by atoms with Crippen LogP contribution in [-0.2, 0) is 9.53 Å². The first kappa shape index (κ1) is 24.7. The predicted octanol–water partition coefficient (Wildman–Crippen LogP) is 1.84. The Hall–Kier alpha value is -1.36. The van der Waals surface area contributed by atoms with Crippen LogP contribution in [0, 0.1) is 5.92 Å². The number of aliphatic imine (C=N–C) groups is 1. The lowest BCUT2D eigenvalue weighted by Crippen LogP contribution is -2.49. The number of rotatable bonds is 8. The molecule has 2 rings (SSSR count). The van der Waals surface area contributed by atoms with Crippen LogP contribution < -0.4 is 5.32 Å². The van der Waals surface area contributed by atoms with E-state index in [0.717, 1.165) is 51.6 Å². The standard InChI is InChI=1S/C19H34N6O2.HI/c1-5-27-12-6-8-21-19(22-13-18(26)23(3)4)24-10-7-16(2)17(14-24)25-11-9-20-15-25;/h9,11,15-17H,5-8,10,12-14H2,1-4H3,(H,21,22);1H. The highest BCUT2D eigenvalue weighted by atomic mass is 127. The first-order chi connectivity index (χ1) is 13.0. The van der Waals surface area contributed by atoms with E-state index in [1.165, 1.54) is 0 Å². The van der Waals surface area contributed by atoms with Gasteiger partial charge < -0.3 is 24.4 Å². The molecule has 1 amide bonds. The minimum Gasteiger partial charge on any atom is -0.382 e. The zero-order chi connectivity index (χ0) is 19.6. The second-order valence-corrected chi connectivity index (χ2v) is 7.19. The third-order valence-corrected chi connectivity index (χ3v) is 4.94. The summed E-state index contributed by atoms with van der Waals surface area (Å²) in [6.45, 7) is 8.45. The molecule has 1 aliphatic heterocycles. The number of likely N-dealkylation sites (tertiary alicyclic amines) is 1. The van der Waals surface area contributed by atoms with Crippen molar-refractivity contribution in [2.75, 3.05) is 53.5 Å². The summed E-state index contributed by atoms with van der Waals surface area (Å²) in [4.78, 5) is 24.6. The molecule has 0 aliphatic carbocycles. The van der Waals surface area contributed by atoms with Gasteiger partial charge in [-0.15, -0.1) is 24.0 Å². The van der Waals surface area contributed by atoms with E-state index >= 15 is 0 Å². The number of carbonyl (C=O) groups excluding carboxylic acids is 1. The number of amides is 1. The van der Waals surface area contributed by atoms with Gasteiger partial charge in [0.25, 0.3) is 0 Å². The first-order valence-electron chi connectivity index (χ1n) is 9.81. The van der Waals surface area contributed by atoms with Crippen LogP contribution in [0.15, 0.2) is 23.7 Å². The summed E-state index contributed by atoms with van der Waals surface area (Å²) in [6, 6.07) is 0.348. The van der Waals surface area contributed by atoms with Gasteiger partial charge in [-0.05, 0) is 25.7 Å². The molecule has 0 radical (unpaired) electrons. The van der Waals surface area contributed by atoms with Gasteiger partial charge in [0, 0.05) is 59.3 Å². The van der Waals surface area contributed by atoms with Gasteiger partial charge in [0.05, 0.1) is 12.4 Å². The highest BCUT2D eigenvalue weighted by molar-refractivity contribution is 14.0. The molecule has 28 heavy (non-hydrogen) atoms. The summed E-state index contributed by atoms with van der Waals surface area (Å²) in [5.41, 5.74) is 0. The van der Waals surface area contributed by atoms with Crippen LogP contribution in [0.3, 0.4) is 0 Å². The van der Waals surface area contributed by atoms with E-state index in [2.05, 4.69) is 31.7 Å². The van der Waals surface area contributed by atoms with Crippen LogP contribution in [0.1, 0.15) is 32.7 Å². The summed E-state index contributed by atoms with van der Waals surface area (Å²) < 4.78 is 7.58. The molecule has 2 atom stereocenters. The number of carbonyl (C=O) groups is 1. The Kier molecular flexibility index (Phi) is 11.4. The minimum atomic E-state index is 0. The molecule has 1 aliphatic rings. The normalized spacial score (nSPS) is 19.9. The van der Waals surface area contributed by atoms with Crippen LogP contribution in [0.5, 0.6) is 0 Å². The average molecular weight is 506 g/mol. The summed E-state index contributed by atoms with van der Waals surface area (Å²) in [5.74, 6) is 1.37. The van der Waals surface area contributed by atoms with Gasteiger partial charge in [0.15, 0.2) is 5.96 Å². The number of hydrogen-bond acceptors (Lipinski definition) is 4. The van der Waals surface area contributed by atoms with E-state index in [0.29, 0.717) is 12.0 Å². The Morgan fingerprint density at radius 2 is 2.21 bits per heavy atom. The molecule has 0 aromatic carbocycles. The van der Waals surface area contributed by atoms with Crippen LogP contribution in [-0.4, -0.2) is 84.7 Å². The average Bonchev–Trinajstić information content (AvgIpc) is 3.18. The molecule has 0 saturated carbocycles. The van der Waals surface area contributed by atoms with Crippen LogP contribution in [0.2, 0.25) is 0 Å². The van der Waals surface area contributed by atoms with Crippen molar-refractivity contribution in [3.05, 3.63) is 18.7 Å². The number of piperidine rings is 1. The Morgan fingerprint density at radius 1 is 1.43 bits per heavy atom. The van der Waals surface area contributed by atoms with Crippen molar-refractivity contribution in [2.45, 2.75) is 32.7 Å². The van der Waals surface area contributed by atoms with Gasteiger partial charge in [-0.2, -0.15) is 0 Å². The zero-order valence-electron chi connectivity index (χ0n) is 17.5. The van der Waals surface area contributed by atoms with Crippen molar-refractivity contribution in [1.82, 2.24) is 24.7 Å². The Bertz CT molecular complexity index is 593. The number of ether oxygens (including phenoxy) is 1. The molecule has 2 heterocycles. The summed E-state index contributed by atoms with van der Waals surface area (Å²) in [6.07, 6.45) is 7.70. The SMILES string of the molecule is CCOCCCNC(=NCC(=O)N(C)C)N1CCC(C)C(n2ccnc2)C1.I. The lowest BCUT2D eigenvalue weighted by atomic mass is 9.93. The van der Waals surface area contributed by atoms with Gasteiger partial charge in [-0.25, -0.2) is 9.98 Å². The zero-order valence-corrected chi connectivity index (χ0v) is 19.8. The van der Waals surface area contributed by atoms with E-state index in [-0.39, 0.29) is 36.4 Å². The maximum atomic E-state index is 12.0. The Balaban J connectivity index is 0.00000392. The fourth-order valence-electron chi connectivity index (χ4n) is 3.17. The van der Waals surface area contributed by atoms with E-state index in [4.69, 9.17) is 4.74 Å². The maximum Gasteiger partial charge on any atom is 0.243 e. The number of nitrogens with one attached hydrogen (secondary N) is 1. The molecule has 160 valence electrons. The predicted molar refractivity (Wildman–Crippen MR) is 122 cm³/mol. The van der Waals surface area contributed by atoms with Crippen LogP contribution in [0.4, 0.5) is 0 Å². The van der Waals surface area contributed by atoms with Gasteiger partial charge in [-0.3, -0.25) is 4.79 Å². The molecule has 8 nitrogen and oxygen atoms in total. The molecule has 1 N–H and O–H groups in total. The number of halogens is 1. The largest absolute Gasteiger partial charge is 0.382 e. The topological polar surface area (TPSA) is 75.0 Å². The van der Waals surface area contributed by atoms with Gasteiger partial charge >= 0.3 is 0 Å². The molecule has 1 fully saturated rings. The van der Waals surface area contributed by atoms with E-state index < -0.39 is 0 Å². The molecule has 0 spiro atoms. The number of imidazole rings is 1. The summed E-state index contributed by atoms with van der Waals surface area (Å²) >= 11 is 0. The number of guanidine groups is 1. The lowest BCUT2D eigenvalue weighted by Gasteiger charge is -2.39. The van der Waals surface area contributed by atoms with Crippen molar-refractivity contribution < 1.29 is 9.53 Å². The molecule has 1 aromatic heterocycles. The number of nitrogens with zero attached hydrogens (tertiary/aromatic N) is 5. The Labute approximate surface area is 185 Å². The quantitative estimate of drug-likeness (QED) is 0.252. The highest BCUT2D eigenvalue weighted by Gasteiger charge is 2.29. The molecule has 1 saturated heterocycles. The third-order valence-electron chi connectivity index (χ3n) is 4.94. The van der Waals surface area contributed by atoms with Gasteiger partial charge in [-0.1, -0.05) is 6.92 Å². The van der Waals surface area contributed by atoms with Crippen LogP contribution >= 0.6 is 24.0 Å². The van der Waals surface area contributed by atoms with E-state index in [1.807, 2.05) is 25.6 Å². The van der Waals surface area contributed by atoms with Gasteiger partial charge in [0.2, 0.25) is 5.91 Å². The lowest BCUT2D eigenvalue weighted by molar-refractivity contribution is -0.127. The molecule has 1 aromatic rings. The van der Waals surface area contributed by atoms with Crippen molar-refractivity contribution >= 4 is 35.8 Å². The smallest absolute Gasteiger partial charge is 0.243 e. The first-order valence-corrected chi connectivity index (χ1v) is 9.81. The van der Waals surface area contributed by atoms with Gasteiger partial charge in [0.1, 0.15) is 6.54 Å². The van der Waals surface area contributed by atoms with Crippen molar-refractivity contribution in [1.29, 1.82) is 0 Å².